The van der Waals surface area contributed by atoms with Gasteiger partial charge in [-0.25, -0.2) is 0 Å². The lowest BCUT2D eigenvalue weighted by Crippen LogP contribution is -1.89. The molecule has 0 aromatic rings. The first-order valence-corrected chi connectivity index (χ1v) is 4.22. The maximum atomic E-state index is 10.1. The summed E-state index contributed by atoms with van der Waals surface area (Å²) in [6, 6.07) is 0. The molecule has 1 N–H and O–H groups in total. The first-order valence-electron chi connectivity index (χ1n) is 4.22. The highest BCUT2D eigenvalue weighted by molar-refractivity contribution is 5.68. The number of hydrogen-bond donors (Lipinski definition) is 1. The van der Waals surface area contributed by atoms with Crippen molar-refractivity contribution in [2.75, 3.05) is 0 Å². The fourth-order valence-electron chi connectivity index (χ4n) is 0.786. The van der Waals surface area contributed by atoms with E-state index in [9.17, 15) is 4.79 Å². The van der Waals surface area contributed by atoms with Gasteiger partial charge in [-0.05, 0) is 13.3 Å². The fourth-order valence-corrected chi connectivity index (χ4v) is 0.786. The number of carboxylic acids is 1. The lowest BCUT2D eigenvalue weighted by molar-refractivity contribution is -0.135. The fraction of sp³-hybridized carbons (Fsp3) is 0.500. The van der Waals surface area contributed by atoms with E-state index in [0.29, 0.717) is 0 Å². The molecule has 0 radical (unpaired) electrons. The number of unbranched alkanes of at least 4 members (excludes halogenated alkanes) is 1. The van der Waals surface area contributed by atoms with Crippen molar-refractivity contribution in [3.8, 4) is 0 Å². The number of carboxylic acid groups (broad SMARTS) is 1. The van der Waals surface area contributed by atoms with E-state index in [1.54, 1.807) is 6.08 Å². The van der Waals surface area contributed by atoms with Crippen LogP contribution in [0.4, 0.5) is 0 Å². The van der Waals surface area contributed by atoms with Crippen molar-refractivity contribution < 1.29 is 9.90 Å². The molecule has 0 saturated heterocycles. The highest BCUT2D eigenvalue weighted by atomic mass is 16.4. The van der Waals surface area contributed by atoms with Crippen LogP contribution in [0.15, 0.2) is 23.8 Å². The lowest BCUT2D eigenvalue weighted by atomic mass is 10.2. The maximum absolute atomic E-state index is 10.1. The molecule has 0 bridgehead atoms. The molecular weight excluding hydrogens is 152 g/mol. The summed E-state index contributed by atoms with van der Waals surface area (Å²) in [6.45, 7) is 4.10. The summed E-state index contributed by atoms with van der Waals surface area (Å²) in [5.74, 6) is -0.783. The standard InChI is InChI=1S/C10H16O2/c1-3-4-6-9(2)7-5-8-10(11)12/h5-7H,3-4,8H2,1-2H3,(H,11,12)/b7-5+,9-6+. The van der Waals surface area contributed by atoms with Crippen LogP contribution in [0, 0.1) is 0 Å². The Morgan fingerprint density at radius 2 is 2.17 bits per heavy atom. The summed E-state index contributed by atoms with van der Waals surface area (Å²) in [7, 11) is 0. The van der Waals surface area contributed by atoms with Crippen LogP contribution in [-0.2, 0) is 4.79 Å². The molecule has 0 fully saturated rings. The summed E-state index contributed by atoms with van der Waals surface area (Å²) in [5.41, 5.74) is 1.14. The van der Waals surface area contributed by atoms with Crippen LogP contribution in [0.3, 0.4) is 0 Å². The minimum Gasteiger partial charge on any atom is -0.481 e. The van der Waals surface area contributed by atoms with Gasteiger partial charge in [-0.1, -0.05) is 37.1 Å². The SMILES string of the molecule is CCC/C=C(C)/C=C/CC(=O)O. The van der Waals surface area contributed by atoms with E-state index < -0.39 is 5.97 Å². The molecule has 0 aliphatic carbocycles. The van der Waals surface area contributed by atoms with Gasteiger partial charge in [0.1, 0.15) is 0 Å². The molecule has 0 unspecified atom stereocenters. The second-order valence-electron chi connectivity index (χ2n) is 2.74. The van der Waals surface area contributed by atoms with E-state index in [-0.39, 0.29) is 6.42 Å². The molecular formula is C10H16O2. The minimum atomic E-state index is -0.783. The Hall–Kier alpha value is -1.05. The van der Waals surface area contributed by atoms with E-state index >= 15 is 0 Å². The molecule has 0 rings (SSSR count). The highest BCUT2D eigenvalue weighted by Gasteiger charge is 1.88. The topological polar surface area (TPSA) is 37.3 Å². The molecule has 0 saturated carbocycles. The predicted molar refractivity (Wildman–Crippen MR) is 50.1 cm³/mol. The average molecular weight is 168 g/mol. The Morgan fingerprint density at radius 3 is 2.67 bits per heavy atom. The van der Waals surface area contributed by atoms with Gasteiger partial charge in [-0.15, -0.1) is 0 Å². The number of carbonyl (C=O) groups is 1. The summed E-state index contributed by atoms with van der Waals surface area (Å²) >= 11 is 0. The van der Waals surface area contributed by atoms with Crippen LogP contribution in [-0.4, -0.2) is 11.1 Å². The molecule has 2 nitrogen and oxygen atoms in total. The summed E-state index contributed by atoms with van der Waals surface area (Å²) in [4.78, 5) is 10.1. The number of aliphatic carboxylic acids is 1. The number of rotatable bonds is 5. The van der Waals surface area contributed by atoms with Gasteiger partial charge < -0.3 is 5.11 Å². The smallest absolute Gasteiger partial charge is 0.307 e. The second-order valence-corrected chi connectivity index (χ2v) is 2.74. The van der Waals surface area contributed by atoms with Gasteiger partial charge in [0, 0.05) is 0 Å². The van der Waals surface area contributed by atoms with Crippen molar-refractivity contribution in [3.05, 3.63) is 23.8 Å². The summed E-state index contributed by atoms with van der Waals surface area (Å²) in [6.07, 6.45) is 7.93. The van der Waals surface area contributed by atoms with Crippen LogP contribution >= 0.6 is 0 Å². The van der Waals surface area contributed by atoms with Gasteiger partial charge in [-0.2, -0.15) is 0 Å². The van der Waals surface area contributed by atoms with Gasteiger partial charge in [0.05, 0.1) is 6.42 Å². The molecule has 0 spiro atoms. The van der Waals surface area contributed by atoms with E-state index in [1.807, 2.05) is 13.0 Å². The zero-order valence-electron chi connectivity index (χ0n) is 7.71. The molecule has 2 heteroatoms. The third-order valence-electron chi connectivity index (χ3n) is 1.43. The van der Waals surface area contributed by atoms with Crippen LogP contribution in [0.1, 0.15) is 33.1 Å². The zero-order valence-corrected chi connectivity index (χ0v) is 7.71. The van der Waals surface area contributed by atoms with Crippen LogP contribution in [0.2, 0.25) is 0 Å². The second kappa shape index (κ2) is 6.65. The van der Waals surface area contributed by atoms with Gasteiger partial charge in [-0.3, -0.25) is 4.79 Å². The van der Waals surface area contributed by atoms with Crippen molar-refractivity contribution in [1.82, 2.24) is 0 Å². The quantitative estimate of drug-likeness (QED) is 0.641. The van der Waals surface area contributed by atoms with Crippen LogP contribution in [0.5, 0.6) is 0 Å². The molecule has 0 heterocycles. The number of allylic oxidation sites excluding steroid dienone is 3. The van der Waals surface area contributed by atoms with Gasteiger partial charge in [0.25, 0.3) is 0 Å². The molecule has 0 aliphatic rings. The minimum absolute atomic E-state index is 0.108. The maximum Gasteiger partial charge on any atom is 0.307 e. The highest BCUT2D eigenvalue weighted by Crippen LogP contribution is 2.00. The van der Waals surface area contributed by atoms with E-state index in [4.69, 9.17) is 5.11 Å². The normalized spacial score (nSPS) is 12.3. The zero-order chi connectivity index (χ0) is 9.40. The third-order valence-corrected chi connectivity index (χ3v) is 1.43. The van der Waals surface area contributed by atoms with Crippen molar-refractivity contribution in [1.29, 1.82) is 0 Å². The van der Waals surface area contributed by atoms with Crippen LogP contribution in [0.25, 0.3) is 0 Å². The Bertz CT molecular complexity index is 190. The first-order chi connectivity index (χ1) is 5.66. The van der Waals surface area contributed by atoms with Gasteiger partial charge in [0.2, 0.25) is 0 Å². The molecule has 0 aromatic heterocycles. The monoisotopic (exact) mass is 168 g/mol. The predicted octanol–water partition coefficient (Wildman–Crippen LogP) is 2.76. The summed E-state index contributed by atoms with van der Waals surface area (Å²) in [5, 5.41) is 8.33. The van der Waals surface area contributed by atoms with Gasteiger partial charge >= 0.3 is 5.97 Å². The molecule has 68 valence electrons. The Kier molecular flexibility index (Phi) is 6.07. The molecule has 0 amide bonds. The van der Waals surface area contributed by atoms with E-state index in [2.05, 4.69) is 13.0 Å². The average Bonchev–Trinajstić information content (AvgIpc) is 2.00. The molecule has 12 heavy (non-hydrogen) atoms. The van der Waals surface area contributed by atoms with E-state index in [1.165, 1.54) is 0 Å². The molecule has 0 aliphatic heterocycles. The summed E-state index contributed by atoms with van der Waals surface area (Å²) < 4.78 is 0. The van der Waals surface area contributed by atoms with Crippen LogP contribution < -0.4 is 0 Å². The molecule has 0 atom stereocenters. The molecule has 0 aromatic carbocycles. The van der Waals surface area contributed by atoms with Crippen molar-refractivity contribution in [3.63, 3.8) is 0 Å². The third kappa shape index (κ3) is 7.06. The van der Waals surface area contributed by atoms with Crippen molar-refractivity contribution >= 4 is 5.97 Å². The Morgan fingerprint density at radius 1 is 1.50 bits per heavy atom. The Labute approximate surface area is 73.6 Å². The van der Waals surface area contributed by atoms with Gasteiger partial charge in [0.15, 0.2) is 0 Å². The van der Waals surface area contributed by atoms with E-state index in [0.717, 1.165) is 18.4 Å². The first kappa shape index (κ1) is 11.0. The Balaban J connectivity index is 3.74. The number of hydrogen-bond acceptors (Lipinski definition) is 1. The van der Waals surface area contributed by atoms with Crippen molar-refractivity contribution in [2.45, 2.75) is 33.1 Å². The lowest BCUT2D eigenvalue weighted by Gasteiger charge is -1.90. The van der Waals surface area contributed by atoms with Crippen molar-refractivity contribution in [2.24, 2.45) is 0 Å². The largest absolute Gasteiger partial charge is 0.481 e.